The Morgan fingerprint density at radius 1 is 1.21 bits per heavy atom. The lowest BCUT2D eigenvalue weighted by Crippen LogP contribution is -2.18. The molecule has 0 amide bonds. The maximum absolute atomic E-state index is 6.15. The molecular weight excluding hydrogens is 232 g/mol. The standard InChI is InChI=1S/C17H22N2/c1-2-5-14-10-17(14)19-11-15-8-12-6-3-4-7-13(12)9-16(15)18/h3-4,6-9,14,17,19H,2,5,10-11,18H2,1H3. The fourth-order valence-electron chi connectivity index (χ4n) is 2.89. The maximum atomic E-state index is 6.15. The average Bonchev–Trinajstić information content (AvgIpc) is 3.15. The molecule has 0 bridgehead atoms. The number of hydrogen-bond donors (Lipinski definition) is 2. The van der Waals surface area contributed by atoms with Gasteiger partial charge in [0.25, 0.3) is 0 Å². The molecule has 100 valence electrons. The molecule has 1 aliphatic carbocycles. The van der Waals surface area contributed by atoms with Crippen molar-refractivity contribution in [3.8, 4) is 0 Å². The van der Waals surface area contributed by atoms with Crippen molar-refractivity contribution < 1.29 is 0 Å². The van der Waals surface area contributed by atoms with Crippen LogP contribution in [0.5, 0.6) is 0 Å². The first-order chi connectivity index (χ1) is 9.28. The van der Waals surface area contributed by atoms with Crippen molar-refractivity contribution in [3.05, 3.63) is 42.0 Å². The van der Waals surface area contributed by atoms with E-state index >= 15 is 0 Å². The summed E-state index contributed by atoms with van der Waals surface area (Å²) in [6.45, 7) is 3.15. The van der Waals surface area contributed by atoms with Crippen molar-refractivity contribution in [1.29, 1.82) is 0 Å². The van der Waals surface area contributed by atoms with Gasteiger partial charge in [0.15, 0.2) is 0 Å². The molecule has 2 heteroatoms. The van der Waals surface area contributed by atoms with Crippen LogP contribution >= 0.6 is 0 Å². The highest BCUT2D eigenvalue weighted by molar-refractivity contribution is 5.86. The molecule has 3 rings (SSSR count). The Hall–Kier alpha value is -1.54. The smallest absolute Gasteiger partial charge is 0.0366 e. The normalized spacial score (nSPS) is 21.7. The van der Waals surface area contributed by atoms with Gasteiger partial charge in [-0.3, -0.25) is 0 Å². The minimum Gasteiger partial charge on any atom is -0.398 e. The minimum absolute atomic E-state index is 0.714. The highest BCUT2D eigenvalue weighted by Gasteiger charge is 2.35. The van der Waals surface area contributed by atoms with Crippen LogP contribution < -0.4 is 11.1 Å². The SMILES string of the molecule is CCCC1CC1NCc1cc2ccccc2cc1N. The number of anilines is 1. The lowest BCUT2D eigenvalue weighted by molar-refractivity contribution is 0.600. The summed E-state index contributed by atoms with van der Waals surface area (Å²) in [6, 6.07) is 13.4. The summed E-state index contributed by atoms with van der Waals surface area (Å²) in [5, 5.41) is 6.13. The number of hydrogen-bond acceptors (Lipinski definition) is 2. The van der Waals surface area contributed by atoms with E-state index in [0.29, 0.717) is 6.04 Å². The second kappa shape index (κ2) is 5.22. The van der Waals surface area contributed by atoms with Crippen molar-refractivity contribution in [3.63, 3.8) is 0 Å². The van der Waals surface area contributed by atoms with Gasteiger partial charge in [0.2, 0.25) is 0 Å². The Morgan fingerprint density at radius 2 is 1.95 bits per heavy atom. The molecule has 1 saturated carbocycles. The van der Waals surface area contributed by atoms with Crippen LogP contribution in [0.15, 0.2) is 36.4 Å². The first-order valence-electron chi connectivity index (χ1n) is 7.28. The maximum Gasteiger partial charge on any atom is 0.0366 e. The number of fused-ring (bicyclic) bond motifs is 1. The fraction of sp³-hybridized carbons (Fsp3) is 0.412. The summed E-state index contributed by atoms with van der Waals surface area (Å²) in [6.07, 6.45) is 3.98. The van der Waals surface area contributed by atoms with Crippen molar-refractivity contribution in [1.82, 2.24) is 5.32 Å². The van der Waals surface area contributed by atoms with Gasteiger partial charge in [-0.2, -0.15) is 0 Å². The largest absolute Gasteiger partial charge is 0.398 e. The van der Waals surface area contributed by atoms with Gasteiger partial charge in [-0.15, -0.1) is 0 Å². The molecule has 0 aliphatic heterocycles. The monoisotopic (exact) mass is 254 g/mol. The highest BCUT2D eigenvalue weighted by Crippen LogP contribution is 2.35. The number of rotatable bonds is 5. The third-order valence-electron chi connectivity index (χ3n) is 4.14. The summed E-state index contributed by atoms with van der Waals surface area (Å²) < 4.78 is 0. The van der Waals surface area contributed by atoms with Gasteiger partial charge in [-0.25, -0.2) is 0 Å². The van der Waals surface area contributed by atoms with Crippen LogP contribution in [0.2, 0.25) is 0 Å². The third kappa shape index (κ3) is 2.74. The molecule has 2 aromatic carbocycles. The zero-order chi connectivity index (χ0) is 13.2. The molecule has 19 heavy (non-hydrogen) atoms. The molecule has 2 atom stereocenters. The van der Waals surface area contributed by atoms with Gasteiger partial charge in [-0.05, 0) is 47.2 Å². The quantitative estimate of drug-likeness (QED) is 0.798. The van der Waals surface area contributed by atoms with E-state index in [2.05, 4.69) is 48.6 Å². The molecule has 2 aromatic rings. The van der Waals surface area contributed by atoms with Crippen LogP contribution in [0, 0.1) is 5.92 Å². The van der Waals surface area contributed by atoms with Crippen LogP contribution in [-0.4, -0.2) is 6.04 Å². The lowest BCUT2D eigenvalue weighted by Gasteiger charge is -2.09. The summed E-state index contributed by atoms with van der Waals surface area (Å²) >= 11 is 0. The highest BCUT2D eigenvalue weighted by atomic mass is 15.0. The molecule has 1 fully saturated rings. The van der Waals surface area contributed by atoms with E-state index in [1.54, 1.807) is 0 Å². The van der Waals surface area contributed by atoms with E-state index < -0.39 is 0 Å². The van der Waals surface area contributed by atoms with Crippen molar-refractivity contribution in [2.75, 3.05) is 5.73 Å². The minimum atomic E-state index is 0.714. The molecule has 0 heterocycles. The van der Waals surface area contributed by atoms with Gasteiger partial charge in [-0.1, -0.05) is 37.6 Å². The van der Waals surface area contributed by atoms with Crippen LogP contribution in [-0.2, 0) is 6.54 Å². The first kappa shape index (κ1) is 12.5. The molecule has 2 unspecified atom stereocenters. The molecule has 0 spiro atoms. The Kier molecular flexibility index (Phi) is 3.43. The second-order valence-corrected chi connectivity index (χ2v) is 5.67. The van der Waals surface area contributed by atoms with Crippen LogP contribution in [0.3, 0.4) is 0 Å². The third-order valence-corrected chi connectivity index (χ3v) is 4.14. The molecule has 1 aliphatic rings. The van der Waals surface area contributed by atoms with Gasteiger partial charge < -0.3 is 11.1 Å². The van der Waals surface area contributed by atoms with Gasteiger partial charge in [0.05, 0.1) is 0 Å². The van der Waals surface area contributed by atoms with E-state index in [4.69, 9.17) is 5.73 Å². The molecule has 3 N–H and O–H groups in total. The first-order valence-corrected chi connectivity index (χ1v) is 7.28. The Balaban J connectivity index is 1.69. The Morgan fingerprint density at radius 3 is 2.68 bits per heavy atom. The molecule has 0 saturated heterocycles. The van der Waals surface area contributed by atoms with Gasteiger partial charge >= 0.3 is 0 Å². The second-order valence-electron chi connectivity index (χ2n) is 5.67. The number of nitrogen functional groups attached to an aromatic ring is 1. The van der Waals surface area contributed by atoms with E-state index in [9.17, 15) is 0 Å². The Bertz CT molecular complexity index is 576. The summed E-state index contributed by atoms with van der Waals surface area (Å²) in [5.41, 5.74) is 8.27. The van der Waals surface area contributed by atoms with E-state index in [1.807, 2.05) is 0 Å². The van der Waals surface area contributed by atoms with E-state index in [0.717, 1.165) is 18.2 Å². The topological polar surface area (TPSA) is 38.0 Å². The van der Waals surface area contributed by atoms with Crippen molar-refractivity contribution >= 4 is 16.5 Å². The zero-order valence-corrected chi connectivity index (χ0v) is 11.5. The van der Waals surface area contributed by atoms with E-state index in [1.165, 1.54) is 35.6 Å². The van der Waals surface area contributed by atoms with Crippen LogP contribution in [0.1, 0.15) is 31.7 Å². The van der Waals surface area contributed by atoms with Crippen molar-refractivity contribution in [2.24, 2.45) is 5.92 Å². The number of benzene rings is 2. The molecule has 0 radical (unpaired) electrons. The zero-order valence-electron chi connectivity index (χ0n) is 11.5. The predicted octanol–water partition coefficient (Wildman–Crippen LogP) is 3.70. The van der Waals surface area contributed by atoms with Crippen LogP contribution in [0.25, 0.3) is 10.8 Å². The summed E-state index contributed by atoms with van der Waals surface area (Å²) in [5.74, 6) is 0.895. The average molecular weight is 254 g/mol. The summed E-state index contributed by atoms with van der Waals surface area (Å²) in [7, 11) is 0. The fourth-order valence-corrected chi connectivity index (χ4v) is 2.89. The number of nitrogens with two attached hydrogens (primary N) is 1. The Labute approximate surface area is 115 Å². The van der Waals surface area contributed by atoms with Gasteiger partial charge in [0, 0.05) is 18.3 Å². The molecule has 0 aromatic heterocycles. The van der Waals surface area contributed by atoms with Crippen molar-refractivity contribution in [2.45, 2.75) is 38.8 Å². The lowest BCUT2D eigenvalue weighted by atomic mass is 10.1. The van der Waals surface area contributed by atoms with Crippen LogP contribution in [0.4, 0.5) is 5.69 Å². The van der Waals surface area contributed by atoms with E-state index in [-0.39, 0.29) is 0 Å². The predicted molar refractivity (Wildman–Crippen MR) is 82.0 cm³/mol. The number of nitrogens with one attached hydrogen (secondary N) is 1. The van der Waals surface area contributed by atoms with Gasteiger partial charge in [0.1, 0.15) is 0 Å². The molecule has 2 nitrogen and oxygen atoms in total. The summed E-state index contributed by atoms with van der Waals surface area (Å²) in [4.78, 5) is 0. The molecular formula is C17H22N2.